The van der Waals surface area contributed by atoms with Gasteiger partial charge in [-0.05, 0) is 30.5 Å². The van der Waals surface area contributed by atoms with Crippen LogP contribution in [-0.2, 0) is 0 Å². The number of hydrogen-bond acceptors (Lipinski definition) is 3. The summed E-state index contributed by atoms with van der Waals surface area (Å²) >= 11 is 0. The van der Waals surface area contributed by atoms with Crippen molar-refractivity contribution in [3.05, 3.63) is 60.1 Å². The van der Waals surface area contributed by atoms with E-state index >= 15 is 0 Å². The van der Waals surface area contributed by atoms with Crippen LogP contribution in [-0.4, -0.2) is 36.2 Å². The number of amides is 2. The first-order chi connectivity index (χ1) is 11.1. The number of urea groups is 1. The van der Waals surface area contributed by atoms with E-state index in [4.69, 9.17) is 4.42 Å². The van der Waals surface area contributed by atoms with E-state index < -0.39 is 0 Å². The molecule has 1 aliphatic rings. The lowest BCUT2D eigenvalue weighted by molar-refractivity contribution is 0.160. The fraction of sp³-hybridized carbons (Fsp3) is 0.389. The van der Waals surface area contributed by atoms with Crippen LogP contribution in [0, 0.1) is 5.41 Å². The number of hydrogen-bond donors (Lipinski definition) is 2. The van der Waals surface area contributed by atoms with Gasteiger partial charge < -0.3 is 19.7 Å². The number of furan rings is 1. The summed E-state index contributed by atoms with van der Waals surface area (Å²) in [6.45, 7) is 0.694. The summed E-state index contributed by atoms with van der Waals surface area (Å²) in [5.74, 6) is 0.696. The van der Waals surface area contributed by atoms with Gasteiger partial charge >= 0.3 is 6.03 Å². The van der Waals surface area contributed by atoms with E-state index in [0.717, 1.165) is 18.4 Å². The van der Waals surface area contributed by atoms with Crippen molar-refractivity contribution >= 4 is 6.03 Å². The Morgan fingerprint density at radius 1 is 1.30 bits per heavy atom. The minimum absolute atomic E-state index is 0.0982. The molecule has 23 heavy (non-hydrogen) atoms. The van der Waals surface area contributed by atoms with Crippen LogP contribution in [0.15, 0.2) is 53.1 Å². The topological polar surface area (TPSA) is 65.7 Å². The summed E-state index contributed by atoms with van der Waals surface area (Å²) < 4.78 is 5.49. The Bertz CT molecular complexity index is 636. The number of rotatable bonds is 6. The van der Waals surface area contributed by atoms with Crippen LogP contribution < -0.4 is 5.32 Å². The van der Waals surface area contributed by atoms with Crippen molar-refractivity contribution in [2.45, 2.75) is 18.9 Å². The zero-order valence-electron chi connectivity index (χ0n) is 13.2. The van der Waals surface area contributed by atoms with Gasteiger partial charge in [-0.2, -0.15) is 0 Å². The molecular weight excluding hydrogens is 292 g/mol. The van der Waals surface area contributed by atoms with Gasteiger partial charge in [0.05, 0.1) is 12.9 Å². The largest absolute Gasteiger partial charge is 0.467 e. The first-order valence-corrected chi connectivity index (χ1v) is 7.84. The van der Waals surface area contributed by atoms with Crippen LogP contribution in [0.1, 0.15) is 30.2 Å². The summed E-state index contributed by atoms with van der Waals surface area (Å²) in [5.41, 5.74) is 0.867. The summed E-state index contributed by atoms with van der Waals surface area (Å²) in [6, 6.07) is 12.9. The van der Waals surface area contributed by atoms with Gasteiger partial charge in [0.25, 0.3) is 0 Å². The molecule has 1 heterocycles. The molecule has 2 N–H and O–H groups in total. The summed E-state index contributed by atoms with van der Waals surface area (Å²) in [5, 5.41) is 12.4. The number of carbonyl (C=O) groups excluding carboxylic acids is 1. The van der Waals surface area contributed by atoms with Crippen molar-refractivity contribution in [3.63, 3.8) is 0 Å². The van der Waals surface area contributed by atoms with Crippen LogP contribution in [0.5, 0.6) is 0 Å². The molecule has 2 aromatic rings. The average molecular weight is 314 g/mol. The molecule has 0 saturated heterocycles. The highest BCUT2D eigenvalue weighted by Gasteiger charge is 2.43. The average Bonchev–Trinajstić information content (AvgIpc) is 3.14. The van der Waals surface area contributed by atoms with E-state index in [-0.39, 0.29) is 24.1 Å². The fourth-order valence-electron chi connectivity index (χ4n) is 2.77. The molecule has 1 aromatic carbocycles. The molecule has 0 unspecified atom stereocenters. The number of nitrogens with zero attached hydrogens (tertiary/aromatic N) is 1. The standard InChI is InChI=1S/C18H22N2O3/c1-20(12-18(13-21)9-10-18)17(22)19-16(15-8-5-11-23-15)14-6-3-2-4-7-14/h2-8,11,16,21H,9-10,12-13H2,1H3,(H,19,22)/t16-/m0/s1. The third-order valence-electron chi connectivity index (χ3n) is 4.44. The second-order valence-electron chi connectivity index (χ2n) is 6.32. The summed E-state index contributed by atoms with van der Waals surface area (Å²) in [6.07, 6.45) is 3.55. The highest BCUT2D eigenvalue weighted by atomic mass is 16.3. The highest BCUT2D eigenvalue weighted by molar-refractivity contribution is 5.75. The molecule has 122 valence electrons. The molecular formula is C18H22N2O3. The van der Waals surface area contributed by atoms with Gasteiger partial charge in [0.15, 0.2) is 0 Å². The lowest BCUT2D eigenvalue weighted by Gasteiger charge is -2.25. The van der Waals surface area contributed by atoms with Crippen molar-refractivity contribution in [1.29, 1.82) is 0 Å². The Morgan fingerprint density at radius 2 is 2.04 bits per heavy atom. The second-order valence-corrected chi connectivity index (χ2v) is 6.32. The Labute approximate surface area is 135 Å². The Hall–Kier alpha value is -2.27. The summed E-state index contributed by atoms with van der Waals surface area (Å²) in [4.78, 5) is 14.2. The zero-order chi connectivity index (χ0) is 16.3. The second kappa shape index (κ2) is 6.46. The number of carbonyl (C=O) groups is 1. The van der Waals surface area contributed by atoms with Crippen LogP contribution in [0.3, 0.4) is 0 Å². The lowest BCUT2D eigenvalue weighted by Crippen LogP contribution is -2.42. The molecule has 3 rings (SSSR count). The highest BCUT2D eigenvalue weighted by Crippen LogP contribution is 2.45. The SMILES string of the molecule is CN(CC1(CO)CC1)C(=O)N[C@@H](c1ccccc1)c1ccco1. The Kier molecular flexibility index (Phi) is 4.39. The van der Waals surface area contributed by atoms with Crippen LogP contribution in [0.4, 0.5) is 4.79 Å². The van der Waals surface area contributed by atoms with Crippen LogP contribution in [0.2, 0.25) is 0 Å². The maximum Gasteiger partial charge on any atom is 0.318 e. The van der Waals surface area contributed by atoms with Crippen LogP contribution in [0.25, 0.3) is 0 Å². The maximum atomic E-state index is 12.5. The van der Waals surface area contributed by atoms with Gasteiger partial charge in [0, 0.05) is 19.0 Å². The first-order valence-electron chi connectivity index (χ1n) is 7.84. The van der Waals surface area contributed by atoms with Crippen molar-refractivity contribution < 1.29 is 14.3 Å². The smallest absolute Gasteiger partial charge is 0.318 e. The van der Waals surface area contributed by atoms with Crippen molar-refractivity contribution in [2.24, 2.45) is 5.41 Å². The maximum absolute atomic E-state index is 12.5. The zero-order valence-corrected chi connectivity index (χ0v) is 13.2. The normalized spacial score (nSPS) is 16.6. The molecule has 5 nitrogen and oxygen atoms in total. The molecule has 1 fully saturated rings. The van der Waals surface area contributed by atoms with E-state index in [9.17, 15) is 9.90 Å². The molecule has 0 aliphatic heterocycles. The number of aliphatic hydroxyl groups excluding tert-OH is 1. The van der Waals surface area contributed by atoms with Crippen molar-refractivity contribution in [1.82, 2.24) is 10.2 Å². The van der Waals surface area contributed by atoms with Gasteiger partial charge in [-0.1, -0.05) is 30.3 Å². The lowest BCUT2D eigenvalue weighted by atomic mass is 10.0. The quantitative estimate of drug-likeness (QED) is 0.861. The van der Waals surface area contributed by atoms with E-state index in [0.29, 0.717) is 12.3 Å². The monoisotopic (exact) mass is 314 g/mol. The molecule has 1 aliphatic carbocycles. The summed E-state index contributed by atoms with van der Waals surface area (Å²) in [7, 11) is 1.76. The first kappa shape index (κ1) is 15.6. The van der Waals surface area contributed by atoms with Crippen LogP contribution >= 0.6 is 0 Å². The molecule has 1 aromatic heterocycles. The van der Waals surface area contributed by atoms with E-state index in [1.165, 1.54) is 0 Å². The number of aliphatic hydroxyl groups is 1. The molecule has 5 heteroatoms. The Morgan fingerprint density at radius 3 is 2.61 bits per heavy atom. The van der Waals surface area contributed by atoms with E-state index in [2.05, 4.69) is 5.32 Å². The number of nitrogens with one attached hydrogen (secondary N) is 1. The van der Waals surface area contributed by atoms with Gasteiger partial charge in [-0.25, -0.2) is 4.79 Å². The fourth-order valence-corrected chi connectivity index (χ4v) is 2.77. The van der Waals surface area contributed by atoms with Gasteiger partial charge in [-0.3, -0.25) is 0 Å². The Balaban J connectivity index is 1.72. The van der Waals surface area contributed by atoms with Gasteiger partial charge in [0.2, 0.25) is 0 Å². The van der Waals surface area contributed by atoms with E-state index in [1.54, 1.807) is 18.2 Å². The van der Waals surface area contributed by atoms with Crippen molar-refractivity contribution in [3.8, 4) is 0 Å². The molecule has 0 bridgehead atoms. The minimum Gasteiger partial charge on any atom is -0.467 e. The number of benzene rings is 1. The minimum atomic E-state index is -0.328. The molecule has 1 saturated carbocycles. The molecule has 0 spiro atoms. The third-order valence-corrected chi connectivity index (χ3v) is 4.44. The van der Waals surface area contributed by atoms with Gasteiger partial charge in [-0.15, -0.1) is 0 Å². The van der Waals surface area contributed by atoms with E-state index in [1.807, 2.05) is 42.5 Å². The molecule has 0 radical (unpaired) electrons. The van der Waals surface area contributed by atoms with Gasteiger partial charge in [0.1, 0.15) is 11.8 Å². The third kappa shape index (κ3) is 3.56. The molecule has 1 atom stereocenters. The van der Waals surface area contributed by atoms with Crippen molar-refractivity contribution in [2.75, 3.05) is 20.2 Å². The molecule has 2 amide bonds. The predicted octanol–water partition coefficient (Wildman–Crippen LogP) is 2.78. The predicted molar refractivity (Wildman–Crippen MR) is 86.9 cm³/mol.